The maximum atomic E-state index is 12.4. The van der Waals surface area contributed by atoms with Gasteiger partial charge >= 0.3 is 11.9 Å². The van der Waals surface area contributed by atoms with Crippen LogP contribution in [0.15, 0.2) is 46.5 Å². The zero-order chi connectivity index (χ0) is 15.6. The number of alkyl halides is 3. The molecule has 9 heteroatoms. The molecule has 2 aromatic rings. The Hall–Kier alpha value is -1.80. The fourth-order valence-corrected chi connectivity index (χ4v) is 2.67. The largest absolute Gasteiger partial charge is 0.417 e. The van der Waals surface area contributed by atoms with E-state index in [-0.39, 0.29) is 20.6 Å². The van der Waals surface area contributed by atoms with E-state index in [4.69, 9.17) is 11.6 Å². The first kappa shape index (κ1) is 15.6. The van der Waals surface area contributed by atoms with E-state index in [9.17, 15) is 23.3 Å². The minimum absolute atomic E-state index is 0.0445. The molecule has 0 radical (unpaired) electrons. The van der Waals surface area contributed by atoms with Crippen molar-refractivity contribution in [2.45, 2.75) is 16.1 Å². The summed E-state index contributed by atoms with van der Waals surface area (Å²) in [7, 11) is 0. The number of nitro benzene ring substituents is 1. The number of pyridine rings is 1. The molecule has 0 fully saturated rings. The average molecular weight is 335 g/mol. The van der Waals surface area contributed by atoms with Gasteiger partial charge in [-0.15, -0.1) is 0 Å². The molecule has 4 nitrogen and oxygen atoms in total. The SMILES string of the molecule is O=[N+]([O-])c1c(Cl)cccc1Sc1ccc(C(F)(F)F)cn1. The molecule has 0 aliphatic heterocycles. The number of benzene rings is 1. The second-order valence-electron chi connectivity index (χ2n) is 3.83. The summed E-state index contributed by atoms with van der Waals surface area (Å²) in [6, 6.07) is 6.35. The molecule has 0 aliphatic carbocycles. The molecule has 0 spiro atoms. The van der Waals surface area contributed by atoms with Crippen LogP contribution in [-0.2, 0) is 6.18 Å². The molecule has 110 valence electrons. The summed E-state index contributed by atoms with van der Waals surface area (Å²) in [6.45, 7) is 0. The van der Waals surface area contributed by atoms with E-state index in [1.54, 1.807) is 0 Å². The lowest BCUT2D eigenvalue weighted by Gasteiger charge is -2.07. The van der Waals surface area contributed by atoms with Crippen molar-refractivity contribution in [3.05, 3.63) is 57.2 Å². The highest BCUT2D eigenvalue weighted by Gasteiger charge is 2.30. The second kappa shape index (κ2) is 5.90. The fourth-order valence-electron chi connectivity index (χ4n) is 1.48. The Morgan fingerprint density at radius 3 is 2.48 bits per heavy atom. The van der Waals surface area contributed by atoms with Gasteiger partial charge in [-0.1, -0.05) is 29.4 Å². The zero-order valence-corrected chi connectivity index (χ0v) is 11.7. The van der Waals surface area contributed by atoms with E-state index in [1.165, 1.54) is 18.2 Å². The Kier molecular flexibility index (Phi) is 4.38. The van der Waals surface area contributed by atoms with Gasteiger partial charge in [0.1, 0.15) is 10.0 Å². The van der Waals surface area contributed by atoms with Crippen LogP contribution in [0.4, 0.5) is 18.9 Å². The highest BCUT2D eigenvalue weighted by Crippen LogP contribution is 2.38. The van der Waals surface area contributed by atoms with Gasteiger partial charge in [0.05, 0.1) is 15.4 Å². The predicted octanol–water partition coefficient (Wildman–Crippen LogP) is 4.81. The fraction of sp³-hybridized carbons (Fsp3) is 0.0833. The average Bonchev–Trinajstić information content (AvgIpc) is 2.38. The van der Waals surface area contributed by atoms with Gasteiger partial charge in [0, 0.05) is 6.20 Å². The Morgan fingerprint density at radius 1 is 1.24 bits per heavy atom. The monoisotopic (exact) mass is 334 g/mol. The molecule has 1 aromatic carbocycles. The summed E-state index contributed by atoms with van der Waals surface area (Å²) in [4.78, 5) is 14.2. The number of hydrogen-bond donors (Lipinski definition) is 0. The summed E-state index contributed by atoms with van der Waals surface area (Å²) in [6.07, 6.45) is -3.79. The van der Waals surface area contributed by atoms with Crippen molar-refractivity contribution in [2.75, 3.05) is 0 Å². The van der Waals surface area contributed by atoms with Crippen LogP contribution in [0.2, 0.25) is 5.02 Å². The van der Waals surface area contributed by atoms with Gasteiger partial charge in [0.15, 0.2) is 0 Å². The first-order chi connectivity index (χ1) is 9.79. The molecular formula is C12H6ClF3N2O2S. The normalized spacial score (nSPS) is 11.4. The van der Waals surface area contributed by atoms with E-state index in [1.807, 2.05) is 0 Å². The third-order valence-electron chi connectivity index (χ3n) is 2.41. The Bertz CT molecular complexity index is 677. The van der Waals surface area contributed by atoms with E-state index in [2.05, 4.69) is 4.98 Å². The van der Waals surface area contributed by atoms with Crippen LogP contribution in [0.3, 0.4) is 0 Å². The minimum Gasteiger partial charge on any atom is -0.258 e. The molecule has 1 heterocycles. The lowest BCUT2D eigenvalue weighted by Crippen LogP contribution is -2.05. The van der Waals surface area contributed by atoms with Crippen LogP contribution in [0, 0.1) is 10.1 Å². The molecule has 0 bridgehead atoms. The summed E-state index contributed by atoms with van der Waals surface area (Å²) in [5.74, 6) is 0. The standard InChI is InChI=1S/C12H6ClF3N2O2S/c13-8-2-1-3-9(11(8)18(19)20)21-10-5-4-7(6-17-10)12(14,15)16/h1-6H. The molecule has 0 saturated heterocycles. The van der Waals surface area contributed by atoms with Crippen LogP contribution in [-0.4, -0.2) is 9.91 Å². The molecule has 21 heavy (non-hydrogen) atoms. The maximum absolute atomic E-state index is 12.4. The van der Waals surface area contributed by atoms with Crippen molar-refractivity contribution < 1.29 is 18.1 Å². The first-order valence-electron chi connectivity index (χ1n) is 5.43. The summed E-state index contributed by atoms with van der Waals surface area (Å²) in [5.41, 5.74) is -1.18. The van der Waals surface area contributed by atoms with Crippen molar-refractivity contribution >= 4 is 29.1 Å². The van der Waals surface area contributed by atoms with E-state index in [0.29, 0.717) is 6.20 Å². The van der Waals surface area contributed by atoms with Crippen molar-refractivity contribution in [1.82, 2.24) is 4.98 Å². The van der Waals surface area contributed by atoms with Gasteiger partial charge < -0.3 is 0 Å². The van der Waals surface area contributed by atoms with Crippen LogP contribution in [0.1, 0.15) is 5.56 Å². The number of halogens is 4. The molecular weight excluding hydrogens is 329 g/mol. The summed E-state index contributed by atoms with van der Waals surface area (Å²) >= 11 is 6.62. The van der Waals surface area contributed by atoms with Crippen LogP contribution < -0.4 is 0 Å². The minimum atomic E-state index is -4.47. The topological polar surface area (TPSA) is 56.0 Å². The zero-order valence-electron chi connectivity index (χ0n) is 10.1. The maximum Gasteiger partial charge on any atom is 0.417 e. The summed E-state index contributed by atoms with van der Waals surface area (Å²) in [5, 5.41) is 11.1. The predicted molar refractivity (Wildman–Crippen MR) is 71.5 cm³/mol. The van der Waals surface area contributed by atoms with Gasteiger partial charge in [-0.2, -0.15) is 13.2 Å². The molecule has 0 unspecified atom stereocenters. The van der Waals surface area contributed by atoms with Gasteiger partial charge in [-0.25, -0.2) is 4.98 Å². The molecule has 0 atom stereocenters. The molecule has 0 saturated carbocycles. The lowest BCUT2D eigenvalue weighted by atomic mass is 10.3. The molecule has 0 N–H and O–H groups in total. The quantitative estimate of drug-likeness (QED) is 0.597. The van der Waals surface area contributed by atoms with Crippen molar-refractivity contribution in [3.8, 4) is 0 Å². The first-order valence-corrected chi connectivity index (χ1v) is 6.62. The van der Waals surface area contributed by atoms with Gasteiger partial charge in [-0.05, 0) is 24.3 Å². The summed E-state index contributed by atoms with van der Waals surface area (Å²) < 4.78 is 37.2. The lowest BCUT2D eigenvalue weighted by molar-refractivity contribution is -0.387. The molecule has 1 aromatic heterocycles. The molecule has 2 rings (SSSR count). The third kappa shape index (κ3) is 3.64. The number of para-hydroxylation sites is 1. The third-order valence-corrected chi connectivity index (χ3v) is 3.72. The number of nitrogens with zero attached hydrogens (tertiary/aromatic N) is 2. The highest BCUT2D eigenvalue weighted by atomic mass is 35.5. The highest BCUT2D eigenvalue weighted by molar-refractivity contribution is 7.99. The van der Waals surface area contributed by atoms with Gasteiger partial charge in [0.2, 0.25) is 0 Å². The second-order valence-corrected chi connectivity index (χ2v) is 5.30. The van der Waals surface area contributed by atoms with E-state index < -0.39 is 16.7 Å². The van der Waals surface area contributed by atoms with Crippen LogP contribution >= 0.6 is 23.4 Å². The van der Waals surface area contributed by atoms with Gasteiger partial charge in [0.25, 0.3) is 0 Å². The number of rotatable bonds is 3. The Morgan fingerprint density at radius 2 is 1.95 bits per heavy atom. The Balaban J connectivity index is 2.31. The van der Waals surface area contributed by atoms with Crippen molar-refractivity contribution in [3.63, 3.8) is 0 Å². The van der Waals surface area contributed by atoms with E-state index in [0.717, 1.165) is 23.9 Å². The van der Waals surface area contributed by atoms with Crippen LogP contribution in [0.25, 0.3) is 0 Å². The molecule has 0 amide bonds. The number of nitro groups is 1. The number of aromatic nitrogens is 1. The molecule has 0 aliphatic rings. The van der Waals surface area contributed by atoms with Crippen molar-refractivity contribution in [1.29, 1.82) is 0 Å². The van der Waals surface area contributed by atoms with Gasteiger partial charge in [-0.3, -0.25) is 10.1 Å². The number of hydrogen-bond acceptors (Lipinski definition) is 4. The van der Waals surface area contributed by atoms with E-state index >= 15 is 0 Å². The van der Waals surface area contributed by atoms with Crippen LogP contribution in [0.5, 0.6) is 0 Å². The Labute approximate surface area is 126 Å². The van der Waals surface area contributed by atoms with Crippen molar-refractivity contribution in [2.24, 2.45) is 0 Å². The smallest absolute Gasteiger partial charge is 0.258 e.